The summed E-state index contributed by atoms with van der Waals surface area (Å²) in [6.07, 6.45) is 0.444. The van der Waals surface area contributed by atoms with Gasteiger partial charge in [0, 0.05) is 18.9 Å². The molecule has 0 saturated heterocycles. The molecule has 4 heteroatoms. The van der Waals surface area contributed by atoms with Gasteiger partial charge in [-0.05, 0) is 24.6 Å². The van der Waals surface area contributed by atoms with Crippen molar-refractivity contribution in [3.8, 4) is 0 Å². The minimum atomic E-state index is -1.76. The fraction of sp³-hybridized carbons (Fsp3) is 0.917. The fourth-order valence-corrected chi connectivity index (χ4v) is 2.68. The van der Waals surface area contributed by atoms with Crippen molar-refractivity contribution in [3.63, 3.8) is 0 Å². The predicted octanol–water partition coefficient (Wildman–Crippen LogP) is 2.35. The van der Waals surface area contributed by atoms with Crippen LogP contribution in [0.4, 0.5) is 0 Å². The Morgan fingerprint density at radius 3 is 2.38 bits per heavy atom. The number of carbonyl (C=O) groups excluding carboxylic acids is 1. The van der Waals surface area contributed by atoms with Gasteiger partial charge in [-0.3, -0.25) is 4.79 Å². The average Bonchev–Trinajstić information content (AvgIpc) is 2.39. The largest absolute Gasteiger partial charge is 0.416 e. The lowest BCUT2D eigenvalue weighted by Gasteiger charge is -2.36. The van der Waals surface area contributed by atoms with E-state index in [9.17, 15) is 9.90 Å². The lowest BCUT2D eigenvalue weighted by Crippen LogP contribution is -2.42. The summed E-state index contributed by atoms with van der Waals surface area (Å²) in [5, 5.41) is 9.57. The fourth-order valence-electron chi connectivity index (χ4n) is 1.63. The van der Waals surface area contributed by atoms with Crippen LogP contribution in [0, 0.1) is 5.92 Å². The number of Topliss-reactive ketones (excluding diaryl/α,β-unsaturated/α-hetero) is 1. The van der Waals surface area contributed by atoms with Gasteiger partial charge in [0.05, 0.1) is 6.10 Å². The Labute approximate surface area is 99.3 Å². The summed E-state index contributed by atoms with van der Waals surface area (Å²) in [5.74, 6) is 0.0790. The Hall–Kier alpha value is -0.193. The first-order valence-corrected chi connectivity index (χ1v) is 8.89. The highest BCUT2D eigenvalue weighted by Crippen LogP contribution is 2.37. The Bertz CT molecular complexity index is 268. The maximum atomic E-state index is 11.5. The van der Waals surface area contributed by atoms with Gasteiger partial charge in [-0.1, -0.05) is 20.8 Å². The molecule has 2 atom stereocenters. The van der Waals surface area contributed by atoms with Gasteiger partial charge >= 0.3 is 0 Å². The zero-order valence-electron chi connectivity index (χ0n) is 11.0. The molecule has 94 valence electrons. The molecule has 0 bridgehead atoms. The maximum Gasteiger partial charge on any atom is 0.192 e. The molecule has 1 fully saturated rings. The van der Waals surface area contributed by atoms with Crippen LogP contribution < -0.4 is 0 Å². The second-order valence-electron chi connectivity index (χ2n) is 6.33. The average molecular weight is 244 g/mol. The van der Waals surface area contributed by atoms with E-state index < -0.39 is 14.4 Å². The van der Waals surface area contributed by atoms with Crippen molar-refractivity contribution in [2.45, 2.75) is 57.8 Å². The van der Waals surface area contributed by atoms with E-state index in [0.717, 1.165) is 0 Å². The highest BCUT2D eigenvalue weighted by atomic mass is 28.4. The van der Waals surface area contributed by atoms with Crippen LogP contribution in [-0.2, 0) is 9.22 Å². The first-order valence-electron chi connectivity index (χ1n) is 5.98. The van der Waals surface area contributed by atoms with Crippen LogP contribution >= 0.6 is 0 Å². The highest BCUT2D eigenvalue weighted by Gasteiger charge is 2.39. The molecule has 1 N–H and O–H groups in total. The number of aliphatic hydroxyl groups excluding tert-OH is 1. The first-order chi connectivity index (χ1) is 7.13. The summed E-state index contributed by atoms with van der Waals surface area (Å²) in [6.45, 7) is 11.4. The molecule has 0 spiro atoms. The predicted molar refractivity (Wildman–Crippen MR) is 66.9 cm³/mol. The molecule has 0 radical (unpaired) electrons. The lowest BCUT2D eigenvalue weighted by atomic mass is 10.1. The highest BCUT2D eigenvalue weighted by molar-refractivity contribution is 6.74. The second kappa shape index (κ2) is 4.59. The third kappa shape index (κ3) is 3.15. The van der Waals surface area contributed by atoms with Crippen molar-refractivity contribution in [2.75, 3.05) is 6.61 Å². The van der Waals surface area contributed by atoms with E-state index in [2.05, 4.69) is 33.9 Å². The van der Waals surface area contributed by atoms with Gasteiger partial charge in [-0.25, -0.2) is 0 Å². The van der Waals surface area contributed by atoms with Gasteiger partial charge in [0.25, 0.3) is 0 Å². The van der Waals surface area contributed by atoms with E-state index in [1.54, 1.807) is 0 Å². The third-order valence-electron chi connectivity index (χ3n) is 3.90. The van der Waals surface area contributed by atoms with E-state index >= 15 is 0 Å². The SMILES string of the molecule is CC(C)(C)[Si](C)(C)OC[C@@H]1C[C@@H](O)CC1=O. The number of hydrogen-bond acceptors (Lipinski definition) is 3. The molecule has 1 aliphatic rings. The number of aliphatic hydroxyl groups is 1. The zero-order valence-corrected chi connectivity index (χ0v) is 12.0. The van der Waals surface area contributed by atoms with Crippen LogP contribution in [0.15, 0.2) is 0 Å². The molecule has 0 heterocycles. The first kappa shape index (κ1) is 13.9. The smallest absolute Gasteiger partial charge is 0.192 e. The number of carbonyl (C=O) groups is 1. The second-order valence-corrected chi connectivity index (χ2v) is 11.1. The quantitative estimate of drug-likeness (QED) is 0.775. The lowest BCUT2D eigenvalue weighted by molar-refractivity contribution is -0.121. The van der Waals surface area contributed by atoms with Crippen LogP contribution in [0.2, 0.25) is 18.1 Å². The summed E-state index contributed by atoms with van der Waals surface area (Å²) in [5.41, 5.74) is 0. The maximum absolute atomic E-state index is 11.5. The Kier molecular flexibility index (Phi) is 3.98. The molecular weight excluding hydrogens is 220 g/mol. The van der Waals surface area contributed by atoms with Gasteiger partial charge in [0.2, 0.25) is 0 Å². The molecule has 1 saturated carbocycles. The molecule has 0 aromatic heterocycles. The molecule has 0 amide bonds. The standard InChI is InChI=1S/C12H24O3Si/c1-12(2,3)16(4,5)15-8-9-6-10(13)7-11(9)14/h9-10,13H,6-8H2,1-5H3/t9-,10+/m0/s1. The molecule has 0 aliphatic heterocycles. The van der Waals surface area contributed by atoms with Gasteiger partial charge in [0.1, 0.15) is 5.78 Å². The van der Waals surface area contributed by atoms with Crippen LogP contribution in [0.5, 0.6) is 0 Å². The minimum Gasteiger partial charge on any atom is -0.416 e. The van der Waals surface area contributed by atoms with E-state index in [4.69, 9.17) is 4.43 Å². The van der Waals surface area contributed by atoms with Crippen LogP contribution in [-0.4, -0.2) is 31.9 Å². The number of hydrogen-bond donors (Lipinski definition) is 1. The van der Waals surface area contributed by atoms with Crippen molar-refractivity contribution in [1.29, 1.82) is 0 Å². The van der Waals surface area contributed by atoms with Gasteiger partial charge < -0.3 is 9.53 Å². The molecule has 0 unspecified atom stereocenters. The Morgan fingerprint density at radius 1 is 1.44 bits per heavy atom. The van der Waals surface area contributed by atoms with Gasteiger partial charge in [-0.15, -0.1) is 0 Å². The van der Waals surface area contributed by atoms with Crippen molar-refractivity contribution >= 4 is 14.1 Å². The molecule has 3 nitrogen and oxygen atoms in total. The minimum absolute atomic E-state index is 0.0795. The van der Waals surface area contributed by atoms with Crippen molar-refractivity contribution in [3.05, 3.63) is 0 Å². The van der Waals surface area contributed by atoms with Crippen molar-refractivity contribution < 1.29 is 14.3 Å². The van der Waals surface area contributed by atoms with E-state index in [1.165, 1.54) is 0 Å². The monoisotopic (exact) mass is 244 g/mol. The Morgan fingerprint density at radius 2 is 2.00 bits per heavy atom. The summed E-state index contributed by atoms with van der Waals surface area (Å²) in [6, 6.07) is 0. The normalized spacial score (nSPS) is 27.5. The summed E-state index contributed by atoms with van der Waals surface area (Å²) in [4.78, 5) is 11.5. The van der Waals surface area contributed by atoms with Crippen LogP contribution in [0.3, 0.4) is 0 Å². The third-order valence-corrected chi connectivity index (χ3v) is 8.40. The van der Waals surface area contributed by atoms with Crippen molar-refractivity contribution in [2.24, 2.45) is 5.92 Å². The summed E-state index contributed by atoms with van der Waals surface area (Å²) >= 11 is 0. The topological polar surface area (TPSA) is 46.5 Å². The molecule has 1 rings (SSSR count). The summed E-state index contributed by atoms with van der Waals surface area (Å²) in [7, 11) is -1.76. The molecule has 0 aromatic rings. The molecule has 1 aliphatic carbocycles. The zero-order chi connectivity index (χ0) is 12.6. The molecule has 16 heavy (non-hydrogen) atoms. The van der Waals surface area contributed by atoms with E-state index in [-0.39, 0.29) is 16.7 Å². The van der Waals surface area contributed by atoms with Crippen LogP contribution in [0.1, 0.15) is 33.6 Å². The van der Waals surface area contributed by atoms with Gasteiger partial charge in [0.15, 0.2) is 8.32 Å². The van der Waals surface area contributed by atoms with Crippen molar-refractivity contribution in [1.82, 2.24) is 0 Å². The number of rotatable bonds is 3. The summed E-state index contributed by atoms with van der Waals surface area (Å²) < 4.78 is 6.00. The van der Waals surface area contributed by atoms with E-state index in [0.29, 0.717) is 19.4 Å². The van der Waals surface area contributed by atoms with Gasteiger partial charge in [-0.2, -0.15) is 0 Å². The van der Waals surface area contributed by atoms with Crippen LogP contribution in [0.25, 0.3) is 0 Å². The molecular formula is C12H24O3Si. The molecule has 0 aromatic carbocycles. The number of ketones is 1. The van der Waals surface area contributed by atoms with E-state index in [1.807, 2.05) is 0 Å². The Balaban J connectivity index is 2.49.